The zero-order chi connectivity index (χ0) is 15.9. The molecule has 0 unspecified atom stereocenters. The predicted octanol–water partition coefficient (Wildman–Crippen LogP) is 4.17. The summed E-state index contributed by atoms with van der Waals surface area (Å²) in [5.41, 5.74) is 2.77. The van der Waals surface area contributed by atoms with Gasteiger partial charge in [0.1, 0.15) is 5.82 Å². The first-order valence-electron chi connectivity index (χ1n) is 7.74. The van der Waals surface area contributed by atoms with Crippen LogP contribution in [-0.4, -0.2) is 19.6 Å². The molecule has 24 heavy (non-hydrogen) atoms. The van der Waals surface area contributed by atoms with E-state index in [4.69, 9.17) is 0 Å². The van der Waals surface area contributed by atoms with Crippen LogP contribution in [-0.2, 0) is 0 Å². The Morgan fingerprint density at radius 1 is 0.708 bits per heavy atom. The normalized spacial score (nSPS) is 11.3. The number of hydrogen-bond donors (Lipinski definition) is 1. The molecule has 5 rings (SSSR count). The maximum absolute atomic E-state index is 4.60. The third kappa shape index (κ3) is 2.06. The van der Waals surface area contributed by atoms with Gasteiger partial charge in [-0.25, -0.2) is 9.50 Å². The molecule has 0 spiro atoms. The van der Waals surface area contributed by atoms with Gasteiger partial charge < -0.3 is 5.32 Å². The van der Waals surface area contributed by atoms with Crippen molar-refractivity contribution in [2.24, 2.45) is 0 Å². The van der Waals surface area contributed by atoms with Gasteiger partial charge in [-0.15, -0.1) is 5.10 Å². The van der Waals surface area contributed by atoms with Crippen LogP contribution in [0.4, 0.5) is 11.8 Å². The molecule has 0 aliphatic heterocycles. The van der Waals surface area contributed by atoms with E-state index in [1.54, 1.807) is 0 Å². The van der Waals surface area contributed by atoms with E-state index in [9.17, 15) is 0 Å². The third-order valence-corrected chi connectivity index (χ3v) is 4.05. The minimum Gasteiger partial charge on any atom is -0.307 e. The van der Waals surface area contributed by atoms with Gasteiger partial charge in [-0.1, -0.05) is 36.4 Å². The second-order valence-electron chi connectivity index (χ2n) is 5.61. The van der Waals surface area contributed by atoms with Crippen molar-refractivity contribution in [1.82, 2.24) is 19.6 Å². The van der Waals surface area contributed by atoms with Crippen LogP contribution in [0.3, 0.4) is 0 Å². The molecule has 0 aliphatic rings. The molecule has 0 saturated heterocycles. The van der Waals surface area contributed by atoms with Crippen LogP contribution in [0, 0.1) is 0 Å². The number of fused-ring (bicyclic) bond motifs is 4. The van der Waals surface area contributed by atoms with Crippen molar-refractivity contribution in [3.8, 4) is 0 Å². The molecule has 0 radical (unpaired) electrons. The highest BCUT2D eigenvalue weighted by Gasteiger charge is 2.07. The van der Waals surface area contributed by atoms with Crippen molar-refractivity contribution in [1.29, 1.82) is 0 Å². The van der Waals surface area contributed by atoms with E-state index in [0.29, 0.717) is 5.95 Å². The Kier molecular flexibility index (Phi) is 2.72. The second-order valence-corrected chi connectivity index (χ2v) is 5.61. The highest BCUT2D eigenvalue weighted by molar-refractivity contribution is 5.82. The molecular formula is C19H13N5. The van der Waals surface area contributed by atoms with E-state index in [1.165, 1.54) is 0 Å². The van der Waals surface area contributed by atoms with E-state index in [0.717, 1.165) is 33.3 Å². The lowest BCUT2D eigenvalue weighted by Crippen LogP contribution is -1.96. The lowest BCUT2D eigenvalue weighted by atomic mass is 10.2. The van der Waals surface area contributed by atoms with Crippen molar-refractivity contribution in [2.45, 2.75) is 0 Å². The van der Waals surface area contributed by atoms with Gasteiger partial charge in [0.25, 0.3) is 0 Å². The lowest BCUT2D eigenvalue weighted by Gasteiger charge is -2.02. The Morgan fingerprint density at radius 2 is 1.50 bits per heavy atom. The predicted molar refractivity (Wildman–Crippen MR) is 95.5 cm³/mol. The molecule has 0 atom stereocenters. The third-order valence-electron chi connectivity index (χ3n) is 4.05. The summed E-state index contributed by atoms with van der Waals surface area (Å²) >= 11 is 0. The van der Waals surface area contributed by atoms with E-state index < -0.39 is 0 Å². The highest BCUT2D eigenvalue weighted by atomic mass is 15.4. The highest BCUT2D eigenvalue weighted by Crippen LogP contribution is 2.20. The van der Waals surface area contributed by atoms with Gasteiger partial charge >= 0.3 is 0 Å². The summed E-state index contributed by atoms with van der Waals surface area (Å²) in [6, 6.07) is 24.1. The average molecular weight is 311 g/mol. The summed E-state index contributed by atoms with van der Waals surface area (Å²) in [6.45, 7) is 0. The number of para-hydroxylation sites is 2. The number of benzene rings is 2. The molecule has 0 bridgehead atoms. The molecule has 3 aromatic heterocycles. The van der Waals surface area contributed by atoms with Crippen molar-refractivity contribution < 1.29 is 0 Å². The SMILES string of the molecule is c1ccc2nc(Nc3nc4ccc5ccccc5n4n3)ccc2c1. The Morgan fingerprint density at radius 3 is 2.46 bits per heavy atom. The first kappa shape index (κ1) is 13.0. The number of pyridine rings is 2. The maximum Gasteiger partial charge on any atom is 0.248 e. The smallest absolute Gasteiger partial charge is 0.248 e. The Hall–Kier alpha value is -3.47. The summed E-state index contributed by atoms with van der Waals surface area (Å²) in [7, 11) is 0. The van der Waals surface area contributed by atoms with Gasteiger partial charge in [-0.2, -0.15) is 4.98 Å². The number of aromatic nitrogens is 4. The number of anilines is 2. The van der Waals surface area contributed by atoms with E-state index >= 15 is 0 Å². The van der Waals surface area contributed by atoms with Crippen molar-refractivity contribution >= 4 is 39.2 Å². The van der Waals surface area contributed by atoms with Gasteiger partial charge in [0.15, 0.2) is 5.65 Å². The Balaban J connectivity index is 1.59. The van der Waals surface area contributed by atoms with Crippen LogP contribution in [0.5, 0.6) is 0 Å². The first-order valence-corrected chi connectivity index (χ1v) is 7.74. The molecular weight excluding hydrogens is 298 g/mol. The van der Waals surface area contributed by atoms with Crippen LogP contribution in [0.2, 0.25) is 0 Å². The number of nitrogens with one attached hydrogen (secondary N) is 1. The van der Waals surface area contributed by atoms with Gasteiger partial charge in [-0.3, -0.25) is 0 Å². The second kappa shape index (κ2) is 5.03. The summed E-state index contributed by atoms with van der Waals surface area (Å²) in [5.74, 6) is 1.27. The lowest BCUT2D eigenvalue weighted by molar-refractivity contribution is 1.01. The van der Waals surface area contributed by atoms with Crippen LogP contribution in [0.15, 0.2) is 72.8 Å². The molecule has 5 aromatic rings. The molecule has 5 heteroatoms. The minimum atomic E-state index is 0.536. The molecule has 0 fully saturated rings. The van der Waals surface area contributed by atoms with Crippen LogP contribution < -0.4 is 5.32 Å². The Bertz CT molecular complexity index is 1190. The monoisotopic (exact) mass is 311 g/mol. The van der Waals surface area contributed by atoms with E-state index in [2.05, 4.69) is 32.5 Å². The van der Waals surface area contributed by atoms with E-state index in [1.807, 2.05) is 65.2 Å². The Labute approximate surface area is 137 Å². The summed E-state index contributed by atoms with van der Waals surface area (Å²) in [6.07, 6.45) is 0. The summed E-state index contributed by atoms with van der Waals surface area (Å²) in [4.78, 5) is 9.14. The number of nitrogens with zero attached hydrogens (tertiary/aromatic N) is 4. The molecule has 1 N–H and O–H groups in total. The van der Waals surface area contributed by atoms with Gasteiger partial charge in [0.2, 0.25) is 5.95 Å². The van der Waals surface area contributed by atoms with Crippen LogP contribution >= 0.6 is 0 Å². The average Bonchev–Trinajstić information content (AvgIpc) is 3.04. The number of hydrogen-bond acceptors (Lipinski definition) is 4. The van der Waals surface area contributed by atoms with Crippen molar-refractivity contribution in [2.75, 3.05) is 5.32 Å². The van der Waals surface area contributed by atoms with Crippen molar-refractivity contribution in [3.05, 3.63) is 72.8 Å². The fourth-order valence-corrected chi connectivity index (χ4v) is 2.90. The minimum absolute atomic E-state index is 0.536. The van der Waals surface area contributed by atoms with Gasteiger partial charge in [0.05, 0.1) is 11.0 Å². The van der Waals surface area contributed by atoms with E-state index in [-0.39, 0.29) is 0 Å². The fraction of sp³-hybridized carbons (Fsp3) is 0. The largest absolute Gasteiger partial charge is 0.307 e. The van der Waals surface area contributed by atoms with Gasteiger partial charge in [-0.05, 0) is 36.4 Å². The topological polar surface area (TPSA) is 55.1 Å². The molecule has 114 valence electrons. The molecule has 0 saturated carbocycles. The molecule has 2 aromatic carbocycles. The zero-order valence-corrected chi connectivity index (χ0v) is 12.7. The van der Waals surface area contributed by atoms with Gasteiger partial charge in [0, 0.05) is 10.8 Å². The maximum atomic E-state index is 4.60. The quantitative estimate of drug-likeness (QED) is 0.531. The fourth-order valence-electron chi connectivity index (χ4n) is 2.90. The first-order chi connectivity index (χ1) is 11.9. The van der Waals surface area contributed by atoms with Crippen molar-refractivity contribution in [3.63, 3.8) is 0 Å². The standard InChI is InChI=1S/C19H13N5/c1-3-7-15-13(5-1)9-11-17(20-15)21-19-22-18-12-10-14-6-2-4-8-16(14)24(18)23-19/h1-12H,(H,20,21,23). The van der Waals surface area contributed by atoms with Crippen LogP contribution in [0.25, 0.3) is 27.5 Å². The zero-order valence-electron chi connectivity index (χ0n) is 12.7. The molecule has 0 amide bonds. The molecule has 5 nitrogen and oxygen atoms in total. The summed E-state index contributed by atoms with van der Waals surface area (Å²) < 4.78 is 1.85. The molecule has 3 heterocycles. The number of rotatable bonds is 2. The summed E-state index contributed by atoms with van der Waals surface area (Å²) in [5, 5.41) is 10.0. The molecule has 0 aliphatic carbocycles. The van der Waals surface area contributed by atoms with Crippen LogP contribution in [0.1, 0.15) is 0 Å².